The van der Waals surface area contributed by atoms with E-state index in [9.17, 15) is 0 Å². The fourth-order valence-electron chi connectivity index (χ4n) is 2.59. The number of pyridine rings is 1. The molecule has 1 saturated carbocycles. The molecule has 2 rings (SSSR count). The lowest BCUT2D eigenvalue weighted by molar-refractivity contribution is 0.457. The number of hydrogen-bond donors (Lipinski definition) is 2. The molecule has 1 aliphatic rings. The molecule has 1 aliphatic carbocycles. The number of aromatic nitrogens is 1. The Morgan fingerprint density at radius 2 is 1.94 bits per heavy atom. The van der Waals surface area contributed by atoms with Crippen LogP contribution in [0.3, 0.4) is 0 Å². The van der Waals surface area contributed by atoms with Crippen molar-refractivity contribution in [3.8, 4) is 0 Å². The zero-order chi connectivity index (χ0) is 12.0. The highest BCUT2D eigenvalue weighted by atomic mass is 15.0. The van der Waals surface area contributed by atoms with Gasteiger partial charge in [0, 0.05) is 24.5 Å². The Balaban J connectivity index is 1.95. The summed E-state index contributed by atoms with van der Waals surface area (Å²) in [7, 11) is 0. The first kappa shape index (κ1) is 11.2. The van der Waals surface area contributed by atoms with Crippen LogP contribution in [-0.2, 0) is 0 Å². The highest BCUT2D eigenvalue weighted by molar-refractivity contribution is 5.48. The third-order valence-corrected chi connectivity index (χ3v) is 4.59. The van der Waals surface area contributed by atoms with Crippen LogP contribution in [0.2, 0.25) is 0 Å². The first-order valence-corrected chi connectivity index (χ1v) is 5.81. The van der Waals surface area contributed by atoms with Crippen molar-refractivity contribution in [2.75, 3.05) is 17.6 Å². The molecule has 88 valence electrons. The summed E-state index contributed by atoms with van der Waals surface area (Å²) in [5, 5.41) is 3.37. The Labute approximate surface area is 97.5 Å². The van der Waals surface area contributed by atoms with Crippen LogP contribution in [0.1, 0.15) is 27.7 Å². The highest BCUT2D eigenvalue weighted by Gasteiger charge is 2.64. The predicted molar refractivity (Wildman–Crippen MR) is 68.2 cm³/mol. The molecule has 1 aromatic heterocycles. The third kappa shape index (κ3) is 1.64. The second kappa shape index (κ2) is 3.37. The summed E-state index contributed by atoms with van der Waals surface area (Å²) in [5.74, 6) is 1.57. The van der Waals surface area contributed by atoms with Gasteiger partial charge in [-0.1, -0.05) is 27.7 Å². The van der Waals surface area contributed by atoms with Gasteiger partial charge in [-0.2, -0.15) is 0 Å². The summed E-state index contributed by atoms with van der Waals surface area (Å²) in [5.41, 5.74) is 7.30. The highest BCUT2D eigenvalue weighted by Crippen LogP contribution is 2.68. The third-order valence-electron chi connectivity index (χ3n) is 4.59. The van der Waals surface area contributed by atoms with Crippen LogP contribution < -0.4 is 11.1 Å². The largest absolute Gasteiger partial charge is 0.399 e. The number of hydrogen-bond acceptors (Lipinski definition) is 3. The van der Waals surface area contributed by atoms with E-state index in [1.807, 2.05) is 6.07 Å². The van der Waals surface area contributed by atoms with Gasteiger partial charge in [-0.05, 0) is 22.8 Å². The van der Waals surface area contributed by atoms with E-state index < -0.39 is 0 Å². The number of anilines is 2. The van der Waals surface area contributed by atoms with Crippen LogP contribution in [0.15, 0.2) is 18.3 Å². The van der Waals surface area contributed by atoms with Crippen LogP contribution in [0.4, 0.5) is 11.5 Å². The van der Waals surface area contributed by atoms with Crippen molar-refractivity contribution < 1.29 is 0 Å². The molecule has 0 bridgehead atoms. The zero-order valence-corrected chi connectivity index (χ0v) is 10.5. The lowest BCUT2D eigenvalue weighted by Crippen LogP contribution is -2.09. The van der Waals surface area contributed by atoms with Crippen molar-refractivity contribution in [1.82, 2.24) is 4.98 Å². The molecule has 0 amide bonds. The molecule has 0 unspecified atom stereocenters. The molecule has 0 radical (unpaired) electrons. The van der Waals surface area contributed by atoms with Crippen molar-refractivity contribution in [2.24, 2.45) is 16.7 Å². The molecule has 3 N–H and O–H groups in total. The first-order chi connectivity index (χ1) is 7.35. The first-order valence-electron chi connectivity index (χ1n) is 5.81. The summed E-state index contributed by atoms with van der Waals surface area (Å²) >= 11 is 0. The van der Waals surface area contributed by atoms with E-state index in [0.717, 1.165) is 18.1 Å². The minimum Gasteiger partial charge on any atom is -0.399 e. The fourth-order valence-corrected chi connectivity index (χ4v) is 2.59. The van der Waals surface area contributed by atoms with Gasteiger partial charge in [-0.3, -0.25) is 0 Å². The number of nitrogen functional groups attached to an aromatic ring is 1. The maximum absolute atomic E-state index is 5.71. The maximum Gasteiger partial charge on any atom is 0.127 e. The molecular weight excluding hydrogens is 198 g/mol. The van der Waals surface area contributed by atoms with Gasteiger partial charge < -0.3 is 11.1 Å². The van der Waals surface area contributed by atoms with Gasteiger partial charge in [0.25, 0.3) is 0 Å². The summed E-state index contributed by atoms with van der Waals surface area (Å²) in [4.78, 5) is 4.24. The molecule has 0 spiro atoms. The van der Waals surface area contributed by atoms with Crippen molar-refractivity contribution in [2.45, 2.75) is 27.7 Å². The Hall–Kier alpha value is -1.25. The maximum atomic E-state index is 5.71. The Morgan fingerprint density at radius 1 is 1.31 bits per heavy atom. The van der Waals surface area contributed by atoms with Gasteiger partial charge in [0.1, 0.15) is 5.82 Å². The molecule has 3 heteroatoms. The normalized spacial score (nSPS) is 21.8. The summed E-state index contributed by atoms with van der Waals surface area (Å²) in [6.45, 7) is 10.3. The van der Waals surface area contributed by atoms with Crippen molar-refractivity contribution in [3.63, 3.8) is 0 Å². The van der Waals surface area contributed by atoms with Gasteiger partial charge in [0.05, 0.1) is 0 Å². The Bertz CT molecular complexity index is 382. The van der Waals surface area contributed by atoms with Gasteiger partial charge in [-0.15, -0.1) is 0 Å². The monoisotopic (exact) mass is 219 g/mol. The van der Waals surface area contributed by atoms with Crippen LogP contribution in [0, 0.1) is 16.7 Å². The second-order valence-corrected chi connectivity index (χ2v) is 5.85. The van der Waals surface area contributed by atoms with Gasteiger partial charge in [0.2, 0.25) is 0 Å². The van der Waals surface area contributed by atoms with Crippen molar-refractivity contribution >= 4 is 11.5 Å². The van der Waals surface area contributed by atoms with E-state index in [4.69, 9.17) is 5.73 Å². The van der Waals surface area contributed by atoms with Crippen LogP contribution in [0.5, 0.6) is 0 Å². The van der Waals surface area contributed by atoms with E-state index in [0.29, 0.717) is 16.7 Å². The number of nitrogens with one attached hydrogen (secondary N) is 1. The number of nitrogens with two attached hydrogens (primary N) is 1. The second-order valence-electron chi connectivity index (χ2n) is 5.85. The van der Waals surface area contributed by atoms with E-state index in [1.165, 1.54) is 0 Å². The van der Waals surface area contributed by atoms with E-state index in [1.54, 1.807) is 12.3 Å². The Kier molecular flexibility index (Phi) is 2.37. The molecule has 1 aromatic rings. The van der Waals surface area contributed by atoms with Gasteiger partial charge >= 0.3 is 0 Å². The van der Waals surface area contributed by atoms with E-state index in [2.05, 4.69) is 38.0 Å². The molecule has 0 saturated heterocycles. The van der Waals surface area contributed by atoms with E-state index >= 15 is 0 Å². The van der Waals surface area contributed by atoms with Crippen LogP contribution in [0.25, 0.3) is 0 Å². The topological polar surface area (TPSA) is 50.9 Å². The summed E-state index contributed by atoms with van der Waals surface area (Å²) in [6, 6.07) is 3.68. The quantitative estimate of drug-likeness (QED) is 0.822. The smallest absolute Gasteiger partial charge is 0.127 e. The average Bonchev–Trinajstić information content (AvgIpc) is 2.55. The van der Waals surface area contributed by atoms with Gasteiger partial charge in [0.15, 0.2) is 0 Å². The number of rotatable bonds is 3. The van der Waals surface area contributed by atoms with Crippen molar-refractivity contribution in [1.29, 1.82) is 0 Å². The molecule has 1 heterocycles. The number of nitrogens with zero attached hydrogens (tertiary/aromatic N) is 1. The minimum absolute atomic E-state index is 0.417. The van der Waals surface area contributed by atoms with E-state index in [-0.39, 0.29) is 0 Å². The average molecular weight is 219 g/mol. The summed E-state index contributed by atoms with van der Waals surface area (Å²) in [6.07, 6.45) is 1.74. The van der Waals surface area contributed by atoms with Crippen LogP contribution in [-0.4, -0.2) is 11.5 Å². The Morgan fingerprint density at radius 3 is 2.44 bits per heavy atom. The SMILES string of the molecule is CC1(C)C(CNc2cc(N)ccn2)C1(C)C. The molecular formula is C13H21N3. The van der Waals surface area contributed by atoms with Crippen molar-refractivity contribution in [3.05, 3.63) is 18.3 Å². The molecule has 0 aromatic carbocycles. The fraction of sp³-hybridized carbons (Fsp3) is 0.615. The molecule has 1 fully saturated rings. The predicted octanol–water partition coefficient (Wildman–Crippen LogP) is 2.76. The lowest BCUT2D eigenvalue weighted by Gasteiger charge is -2.07. The molecule has 3 nitrogen and oxygen atoms in total. The zero-order valence-electron chi connectivity index (χ0n) is 10.5. The minimum atomic E-state index is 0.417. The van der Waals surface area contributed by atoms with Crippen LogP contribution >= 0.6 is 0 Å². The summed E-state index contributed by atoms with van der Waals surface area (Å²) < 4.78 is 0. The molecule has 0 atom stereocenters. The lowest BCUT2D eigenvalue weighted by atomic mass is 10.0. The standard InChI is InChI=1S/C13H21N3/c1-12(2)10(13(12,3)4)8-16-11-7-9(14)5-6-15-11/h5-7,10H,8H2,1-4H3,(H3,14,15,16). The van der Waals surface area contributed by atoms with Gasteiger partial charge in [-0.25, -0.2) is 4.98 Å². The molecule has 16 heavy (non-hydrogen) atoms. The molecule has 0 aliphatic heterocycles.